The van der Waals surface area contributed by atoms with Crippen LogP contribution in [0.4, 0.5) is 0 Å². The summed E-state index contributed by atoms with van der Waals surface area (Å²) in [6, 6.07) is 20.4. The van der Waals surface area contributed by atoms with Gasteiger partial charge in [-0.15, -0.1) is 0 Å². The van der Waals surface area contributed by atoms with Crippen LogP contribution in [0.25, 0.3) is 0 Å². The molecule has 0 fully saturated rings. The number of rotatable bonds is 2. The van der Waals surface area contributed by atoms with E-state index in [1.165, 1.54) is 22.3 Å². The summed E-state index contributed by atoms with van der Waals surface area (Å²) in [5.74, 6) is 0. The fourth-order valence-corrected chi connectivity index (χ4v) is 4.86. The van der Waals surface area contributed by atoms with Gasteiger partial charge in [-0.2, -0.15) is 0 Å². The Morgan fingerprint density at radius 3 is 2.29 bits per heavy atom. The van der Waals surface area contributed by atoms with E-state index in [4.69, 9.17) is 0 Å². The molecule has 0 amide bonds. The first-order valence-electron chi connectivity index (χ1n) is 8.97. The molecule has 2 aromatic rings. The minimum Gasteiger partial charge on any atom is -0.227 e. The molecule has 0 radical (unpaired) electrons. The largest absolute Gasteiger partial charge is 0.227 e. The standard InChI is InChI=1S/C23H26N/c1-17(2)24-16-23(19-11-6-5-7-12-19)20-13-9-8-10-18(20)14-15-21(23)22(24,3)4/h5-13,15-17H,14H2,1-4H3/q+1/t23-/m1/s1. The van der Waals surface area contributed by atoms with E-state index in [1.807, 2.05) is 0 Å². The molecule has 1 aliphatic heterocycles. The lowest BCUT2D eigenvalue weighted by molar-refractivity contribution is -0.608. The summed E-state index contributed by atoms with van der Waals surface area (Å²) in [6.45, 7) is 9.32. The topological polar surface area (TPSA) is 3.01 Å². The zero-order valence-electron chi connectivity index (χ0n) is 15.1. The number of nitrogens with zero attached hydrogens (tertiary/aromatic N) is 1. The average molecular weight is 316 g/mol. The number of hydrogen-bond donors (Lipinski definition) is 0. The molecule has 0 bridgehead atoms. The van der Waals surface area contributed by atoms with Gasteiger partial charge in [-0.05, 0) is 37.0 Å². The van der Waals surface area contributed by atoms with Crippen molar-refractivity contribution >= 4 is 6.21 Å². The van der Waals surface area contributed by atoms with Crippen LogP contribution in [0.3, 0.4) is 0 Å². The molecule has 0 unspecified atom stereocenters. The minimum absolute atomic E-state index is 0.0253. The van der Waals surface area contributed by atoms with Crippen molar-refractivity contribution in [2.45, 2.75) is 51.1 Å². The Labute approximate surface area is 145 Å². The average Bonchev–Trinajstić information content (AvgIpc) is 2.85. The molecule has 2 aliphatic rings. The summed E-state index contributed by atoms with van der Waals surface area (Å²) < 4.78 is 2.55. The van der Waals surface area contributed by atoms with E-state index < -0.39 is 0 Å². The normalized spacial score (nSPS) is 24.2. The van der Waals surface area contributed by atoms with Gasteiger partial charge in [-0.3, -0.25) is 0 Å². The molecule has 2 aromatic carbocycles. The summed E-state index contributed by atoms with van der Waals surface area (Å²) in [6.07, 6.45) is 6.01. The van der Waals surface area contributed by atoms with E-state index in [0.29, 0.717) is 6.04 Å². The first kappa shape index (κ1) is 15.4. The summed E-state index contributed by atoms with van der Waals surface area (Å²) in [7, 11) is 0. The Hall–Kier alpha value is -2.15. The predicted molar refractivity (Wildman–Crippen MR) is 101 cm³/mol. The maximum Gasteiger partial charge on any atom is 0.179 e. The number of fused-ring (bicyclic) bond motifs is 3. The van der Waals surface area contributed by atoms with Gasteiger partial charge in [0.1, 0.15) is 11.5 Å². The van der Waals surface area contributed by atoms with Crippen LogP contribution in [0.5, 0.6) is 0 Å². The fraction of sp³-hybridized carbons (Fsp3) is 0.348. The van der Waals surface area contributed by atoms with Gasteiger partial charge in [0.2, 0.25) is 0 Å². The molecule has 122 valence electrons. The quantitative estimate of drug-likeness (QED) is 0.556. The van der Waals surface area contributed by atoms with Crippen LogP contribution in [0.2, 0.25) is 0 Å². The monoisotopic (exact) mass is 316 g/mol. The Morgan fingerprint density at radius 1 is 0.917 bits per heavy atom. The second kappa shape index (κ2) is 5.17. The Bertz CT molecular complexity index is 839. The van der Waals surface area contributed by atoms with Crippen LogP contribution in [-0.4, -0.2) is 22.4 Å². The second-order valence-electron chi connectivity index (χ2n) is 7.84. The van der Waals surface area contributed by atoms with Crippen molar-refractivity contribution in [3.8, 4) is 0 Å². The van der Waals surface area contributed by atoms with E-state index in [2.05, 4.69) is 99.2 Å². The Balaban J connectivity index is 2.09. The predicted octanol–water partition coefficient (Wildman–Crippen LogP) is 4.74. The van der Waals surface area contributed by atoms with Crippen LogP contribution >= 0.6 is 0 Å². The molecule has 1 atom stereocenters. The minimum atomic E-state index is -0.135. The van der Waals surface area contributed by atoms with E-state index in [-0.39, 0.29) is 11.0 Å². The molecule has 1 heterocycles. The van der Waals surface area contributed by atoms with E-state index >= 15 is 0 Å². The highest BCUT2D eigenvalue weighted by Gasteiger charge is 2.58. The molecule has 0 saturated heterocycles. The highest BCUT2D eigenvalue weighted by atomic mass is 15.1. The molecular weight excluding hydrogens is 290 g/mol. The lowest BCUT2D eigenvalue weighted by Gasteiger charge is -2.35. The summed E-state index contributed by atoms with van der Waals surface area (Å²) in [4.78, 5) is 0. The van der Waals surface area contributed by atoms with Crippen molar-refractivity contribution < 1.29 is 4.58 Å². The van der Waals surface area contributed by atoms with Crippen LogP contribution in [0, 0.1) is 0 Å². The van der Waals surface area contributed by atoms with E-state index in [0.717, 1.165) is 6.42 Å². The van der Waals surface area contributed by atoms with Gasteiger partial charge in [0, 0.05) is 19.4 Å². The molecule has 4 rings (SSSR count). The SMILES string of the molecule is CC(C)[N+]1=C[C@]2(c3ccccc3)C(=CCc3ccccc32)C1(C)C. The zero-order valence-corrected chi connectivity index (χ0v) is 15.1. The second-order valence-corrected chi connectivity index (χ2v) is 7.84. The molecule has 0 aromatic heterocycles. The molecule has 0 saturated carbocycles. The molecular formula is C23H26N+. The molecule has 1 heteroatoms. The fourth-order valence-electron chi connectivity index (χ4n) is 4.86. The molecule has 0 spiro atoms. The van der Waals surface area contributed by atoms with Gasteiger partial charge >= 0.3 is 0 Å². The van der Waals surface area contributed by atoms with Crippen molar-refractivity contribution in [3.63, 3.8) is 0 Å². The highest BCUT2D eigenvalue weighted by molar-refractivity contribution is 5.86. The Kier molecular flexibility index (Phi) is 3.32. The van der Waals surface area contributed by atoms with Crippen LogP contribution < -0.4 is 0 Å². The van der Waals surface area contributed by atoms with Gasteiger partial charge in [-0.1, -0.05) is 60.7 Å². The summed E-state index contributed by atoms with van der Waals surface area (Å²) in [5, 5.41) is 0. The smallest absolute Gasteiger partial charge is 0.179 e. The van der Waals surface area contributed by atoms with E-state index in [9.17, 15) is 0 Å². The third-order valence-corrected chi connectivity index (χ3v) is 5.82. The highest BCUT2D eigenvalue weighted by Crippen LogP contribution is 2.51. The first-order valence-corrected chi connectivity index (χ1v) is 8.97. The number of allylic oxidation sites excluding steroid dienone is 1. The molecule has 1 aliphatic carbocycles. The Morgan fingerprint density at radius 2 is 1.58 bits per heavy atom. The van der Waals surface area contributed by atoms with Gasteiger partial charge < -0.3 is 0 Å². The lowest BCUT2D eigenvalue weighted by Crippen LogP contribution is -2.41. The van der Waals surface area contributed by atoms with Crippen molar-refractivity contribution in [2.24, 2.45) is 0 Å². The third kappa shape index (κ3) is 1.90. The van der Waals surface area contributed by atoms with E-state index in [1.54, 1.807) is 0 Å². The number of benzene rings is 2. The number of hydrogen-bond acceptors (Lipinski definition) is 0. The van der Waals surface area contributed by atoms with Crippen molar-refractivity contribution in [1.82, 2.24) is 0 Å². The first-order chi connectivity index (χ1) is 11.5. The molecule has 0 N–H and O–H groups in total. The van der Waals surface area contributed by atoms with Crippen LogP contribution in [0.1, 0.15) is 44.4 Å². The van der Waals surface area contributed by atoms with Gasteiger partial charge in [0.15, 0.2) is 11.8 Å². The maximum atomic E-state index is 2.55. The van der Waals surface area contributed by atoms with Gasteiger partial charge in [-0.25, -0.2) is 4.58 Å². The van der Waals surface area contributed by atoms with Gasteiger partial charge in [0.05, 0.1) is 0 Å². The van der Waals surface area contributed by atoms with Gasteiger partial charge in [0.25, 0.3) is 0 Å². The van der Waals surface area contributed by atoms with Crippen molar-refractivity contribution in [1.29, 1.82) is 0 Å². The van der Waals surface area contributed by atoms with Crippen LogP contribution in [-0.2, 0) is 11.8 Å². The maximum absolute atomic E-state index is 2.55. The van der Waals surface area contributed by atoms with Crippen molar-refractivity contribution in [2.75, 3.05) is 0 Å². The third-order valence-electron chi connectivity index (χ3n) is 5.82. The summed E-state index contributed by atoms with van der Waals surface area (Å²) >= 11 is 0. The molecule has 24 heavy (non-hydrogen) atoms. The van der Waals surface area contributed by atoms with Crippen LogP contribution in [0.15, 0.2) is 66.2 Å². The summed E-state index contributed by atoms with van der Waals surface area (Å²) in [5.41, 5.74) is 5.68. The van der Waals surface area contributed by atoms with Crippen molar-refractivity contribution in [3.05, 3.63) is 82.9 Å². The molecule has 1 nitrogen and oxygen atoms in total. The zero-order chi connectivity index (χ0) is 16.9. The lowest BCUT2D eigenvalue weighted by atomic mass is 9.63.